The molecule has 2 aliphatic rings. The summed E-state index contributed by atoms with van der Waals surface area (Å²) >= 11 is 0. The Balaban J connectivity index is 0.975. The normalized spacial score (nSPS) is 13.0. The van der Waals surface area contributed by atoms with Crippen LogP contribution < -0.4 is 0 Å². The molecule has 2 aromatic heterocycles. The number of hydrogen-bond acceptors (Lipinski definition) is 3. The highest BCUT2D eigenvalue weighted by Gasteiger charge is 2.51. The van der Waals surface area contributed by atoms with Gasteiger partial charge in [0.05, 0.1) is 16.4 Å². The van der Waals surface area contributed by atoms with Crippen LogP contribution in [0.4, 0.5) is 0 Å². The van der Waals surface area contributed by atoms with Crippen LogP contribution in [0.25, 0.3) is 95.0 Å². The molecule has 11 aromatic rings. The van der Waals surface area contributed by atoms with Crippen molar-refractivity contribution < 1.29 is 0 Å². The van der Waals surface area contributed by atoms with Gasteiger partial charge in [-0.25, -0.2) is 15.0 Å². The first-order valence-corrected chi connectivity index (χ1v) is 21.2. The number of aromatic nitrogens is 4. The fourth-order valence-electron chi connectivity index (χ4n) is 10.4. The molecule has 0 aliphatic heterocycles. The van der Waals surface area contributed by atoms with E-state index >= 15 is 0 Å². The van der Waals surface area contributed by atoms with Crippen LogP contribution in [0.2, 0.25) is 0 Å². The summed E-state index contributed by atoms with van der Waals surface area (Å²) in [6, 6.07) is 78.5. The van der Waals surface area contributed by atoms with Crippen molar-refractivity contribution in [3.63, 3.8) is 0 Å². The third-order valence-corrected chi connectivity index (χ3v) is 13.1. The smallest absolute Gasteiger partial charge is 0.164 e. The van der Waals surface area contributed by atoms with Gasteiger partial charge in [-0.05, 0) is 92.0 Å². The Morgan fingerprint density at radius 1 is 0.290 bits per heavy atom. The van der Waals surface area contributed by atoms with Crippen molar-refractivity contribution in [2.24, 2.45) is 0 Å². The van der Waals surface area contributed by atoms with E-state index < -0.39 is 5.41 Å². The van der Waals surface area contributed by atoms with Crippen molar-refractivity contribution in [2.45, 2.75) is 5.41 Å². The Kier molecular flexibility index (Phi) is 7.49. The van der Waals surface area contributed by atoms with Crippen molar-refractivity contribution >= 4 is 21.8 Å². The van der Waals surface area contributed by atoms with Gasteiger partial charge >= 0.3 is 0 Å². The molecule has 0 fully saturated rings. The highest BCUT2D eigenvalue weighted by atomic mass is 15.0. The quantitative estimate of drug-likeness (QED) is 0.174. The van der Waals surface area contributed by atoms with E-state index in [0.29, 0.717) is 17.5 Å². The van der Waals surface area contributed by atoms with E-state index in [4.69, 9.17) is 15.0 Å². The first-order chi connectivity index (χ1) is 30.7. The Hall–Kier alpha value is -8.21. The molecule has 0 radical (unpaired) electrons. The number of nitrogens with zero attached hydrogens (tertiary/aromatic N) is 4. The molecule has 0 atom stereocenters. The van der Waals surface area contributed by atoms with Gasteiger partial charge < -0.3 is 4.57 Å². The van der Waals surface area contributed by atoms with Crippen molar-refractivity contribution in [3.8, 4) is 73.2 Å². The number of fused-ring (bicyclic) bond motifs is 13. The van der Waals surface area contributed by atoms with Gasteiger partial charge in [0, 0.05) is 33.2 Å². The first-order valence-electron chi connectivity index (χ1n) is 21.2. The van der Waals surface area contributed by atoms with E-state index in [-0.39, 0.29) is 0 Å². The number of rotatable bonds is 5. The molecule has 2 aliphatic carbocycles. The molecule has 13 rings (SSSR count). The van der Waals surface area contributed by atoms with Gasteiger partial charge in [0.1, 0.15) is 0 Å². The standard InChI is InChI=1S/C58H36N4/c1-3-16-37(17-4-1)55-59-56(61-57(60-55)41-31-33-48-47-25-10-14-29-53(47)62(54(48)36-41)42-20-5-2-6-21-42)40-19-15-18-38(34-40)39-30-32-46-45-24-9-13-28-51(45)58(52(46)35-39)49-26-11-7-22-43(49)44-23-8-12-27-50(44)58/h1-36H. The SMILES string of the molecule is c1ccc(-c2nc(-c3cccc(-c4ccc5c(c4)C4(c6ccccc6-c6ccccc64)c4ccccc4-5)c3)nc(-c3ccc4c5ccccc5n(-c5ccccc5)c4c3)n2)cc1. The summed E-state index contributed by atoms with van der Waals surface area (Å²) < 4.78 is 2.33. The number of hydrogen-bond donors (Lipinski definition) is 0. The van der Waals surface area contributed by atoms with E-state index in [0.717, 1.165) is 44.5 Å². The first kappa shape index (κ1) is 34.6. The van der Waals surface area contributed by atoms with Crippen LogP contribution >= 0.6 is 0 Å². The van der Waals surface area contributed by atoms with Gasteiger partial charge in [0.15, 0.2) is 17.5 Å². The van der Waals surface area contributed by atoms with E-state index in [9.17, 15) is 0 Å². The topological polar surface area (TPSA) is 43.6 Å². The fraction of sp³-hybridized carbons (Fsp3) is 0.0172. The second-order valence-electron chi connectivity index (χ2n) is 16.3. The van der Waals surface area contributed by atoms with Crippen molar-refractivity contribution in [3.05, 3.63) is 241 Å². The molecule has 288 valence electrons. The van der Waals surface area contributed by atoms with Gasteiger partial charge in [-0.3, -0.25) is 0 Å². The minimum atomic E-state index is -0.409. The summed E-state index contributed by atoms with van der Waals surface area (Å²) in [6.07, 6.45) is 0. The molecule has 0 saturated carbocycles. The van der Waals surface area contributed by atoms with Crippen LogP contribution in [-0.4, -0.2) is 19.5 Å². The largest absolute Gasteiger partial charge is 0.309 e. The second-order valence-corrected chi connectivity index (χ2v) is 16.3. The zero-order valence-corrected chi connectivity index (χ0v) is 33.6. The van der Waals surface area contributed by atoms with E-state index in [1.807, 2.05) is 18.2 Å². The third-order valence-electron chi connectivity index (χ3n) is 13.1. The molecule has 0 saturated heterocycles. The molecule has 0 bridgehead atoms. The third kappa shape index (κ3) is 4.98. The van der Waals surface area contributed by atoms with Crippen molar-refractivity contribution in [1.82, 2.24) is 19.5 Å². The Bertz CT molecular complexity index is 3520. The molecule has 0 unspecified atom stereocenters. The molecule has 4 nitrogen and oxygen atoms in total. The molecular weight excluding hydrogens is 753 g/mol. The highest BCUT2D eigenvalue weighted by Crippen LogP contribution is 2.63. The van der Waals surface area contributed by atoms with Gasteiger partial charge in [-0.2, -0.15) is 0 Å². The van der Waals surface area contributed by atoms with Crippen LogP contribution in [0, 0.1) is 0 Å². The monoisotopic (exact) mass is 788 g/mol. The zero-order chi connectivity index (χ0) is 40.8. The predicted molar refractivity (Wildman–Crippen MR) is 252 cm³/mol. The van der Waals surface area contributed by atoms with Gasteiger partial charge in [0.2, 0.25) is 0 Å². The lowest BCUT2D eigenvalue weighted by atomic mass is 9.70. The van der Waals surface area contributed by atoms with Crippen LogP contribution in [0.15, 0.2) is 218 Å². The molecule has 2 heterocycles. The molecule has 62 heavy (non-hydrogen) atoms. The van der Waals surface area contributed by atoms with E-state index in [1.54, 1.807) is 0 Å². The molecule has 4 heteroatoms. The lowest BCUT2D eigenvalue weighted by Crippen LogP contribution is -2.25. The number of benzene rings is 9. The predicted octanol–water partition coefficient (Wildman–Crippen LogP) is 14.0. The van der Waals surface area contributed by atoms with Gasteiger partial charge in [0.25, 0.3) is 0 Å². The summed E-state index contributed by atoms with van der Waals surface area (Å²) in [7, 11) is 0. The summed E-state index contributed by atoms with van der Waals surface area (Å²) in [6.45, 7) is 0. The maximum absolute atomic E-state index is 5.26. The van der Waals surface area contributed by atoms with Gasteiger partial charge in [-0.1, -0.05) is 182 Å². The molecular formula is C58H36N4. The fourth-order valence-corrected chi connectivity index (χ4v) is 10.4. The number of para-hydroxylation sites is 2. The van der Waals surface area contributed by atoms with Crippen LogP contribution in [-0.2, 0) is 5.41 Å². The van der Waals surface area contributed by atoms with Crippen LogP contribution in [0.3, 0.4) is 0 Å². The summed E-state index contributed by atoms with van der Waals surface area (Å²) in [5.74, 6) is 1.89. The van der Waals surface area contributed by atoms with Crippen LogP contribution in [0.5, 0.6) is 0 Å². The average molecular weight is 789 g/mol. The average Bonchev–Trinajstić information content (AvgIpc) is 3.96. The van der Waals surface area contributed by atoms with Crippen molar-refractivity contribution in [2.75, 3.05) is 0 Å². The Labute approximate surface area is 359 Å². The lowest BCUT2D eigenvalue weighted by molar-refractivity contribution is 0.794. The minimum Gasteiger partial charge on any atom is -0.309 e. The van der Waals surface area contributed by atoms with Crippen molar-refractivity contribution in [1.29, 1.82) is 0 Å². The maximum Gasteiger partial charge on any atom is 0.164 e. The summed E-state index contributed by atoms with van der Waals surface area (Å²) in [4.78, 5) is 15.6. The van der Waals surface area contributed by atoms with Gasteiger partial charge in [-0.15, -0.1) is 0 Å². The van der Waals surface area contributed by atoms with Crippen LogP contribution in [0.1, 0.15) is 22.3 Å². The summed E-state index contributed by atoms with van der Waals surface area (Å²) in [5.41, 5.74) is 18.5. The second kappa shape index (κ2) is 13.4. The van der Waals surface area contributed by atoms with E-state index in [2.05, 4.69) is 205 Å². The molecule has 0 N–H and O–H groups in total. The highest BCUT2D eigenvalue weighted by molar-refractivity contribution is 6.10. The molecule has 9 aromatic carbocycles. The maximum atomic E-state index is 5.26. The lowest BCUT2D eigenvalue weighted by Gasteiger charge is -2.30. The zero-order valence-electron chi connectivity index (χ0n) is 33.6. The van der Waals surface area contributed by atoms with E-state index in [1.165, 1.54) is 55.3 Å². The summed E-state index contributed by atoms with van der Waals surface area (Å²) in [5, 5.41) is 2.39. The Morgan fingerprint density at radius 2 is 0.758 bits per heavy atom. The molecule has 1 spiro atoms. The molecule has 0 amide bonds. The minimum absolute atomic E-state index is 0.409. The Morgan fingerprint density at radius 3 is 1.44 bits per heavy atom.